The zero-order valence-electron chi connectivity index (χ0n) is 18.9. The summed E-state index contributed by atoms with van der Waals surface area (Å²) in [5.74, 6) is -0.859. The summed E-state index contributed by atoms with van der Waals surface area (Å²) in [6.45, 7) is 1.58. The quantitative estimate of drug-likeness (QED) is 0.474. The molecule has 0 saturated carbocycles. The summed E-state index contributed by atoms with van der Waals surface area (Å²) in [4.78, 5) is 40.2. The number of likely N-dealkylation sites (tertiary alicyclic amines) is 1. The number of carbonyl (C=O) groups excluding carboxylic acids is 3. The highest BCUT2D eigenvalue weighted by Crippen LogP contribution is 2.24. The summed E-state index contributed by atoms with van der Waals surface area (Å²) in [5, 5.41) is 9.34. The van der Waals surface area contributed by atoms with Gasteiger partial charge in [0.05, 0.1) is 17.2 Å². The Morgan fingerprint density at radius 1 is 1.09 bits per heavy atom. The summed E-state index contributed by atoms with van der Waals surface area (Å²) in [5.41, 5.74) is 0.916. The summed E-state index contributed by atoms with van der Waals surface area (Å²) in [7, 11) is 1.55. The van der Waals surface area contributed by atoms with Crippen LogP contribution in [0.25, 0.3) is 0 Å². The van der Waals surface area contributed by atoms with E-state index in [1.807, 2.05) is 0 Å². The van der Waals surface area contributed by atoms with E-state index in [0.29, 0.717) is 60.4 Å². The molecular formula is C24H28Cl2N4O4. The zero-order chi connectivity index (χ0) is 24.5. The monoisotopic (exact) mass is 506 g/mol. The molecule has 1 unspecified atom stereocenters. The van der Waals surface area contributed by atoms with Gasteiger partial charge in [0.2, 0.25) is 5.91 Å². The standard InChI is InChI=1S/C24H28Cl2N4O4/c1-34-14-11-27-23(32)21(29-22(31)19-7-2-3-8-20(19)26)16-9-12-30(13-10-16)24(33)28-18-6-4-5-17(25)15-18/h2-8,15-16,21H,9-14H2,1H3,(H,27,32)(H,28,33)(H,29,31). The number of halogens is 2. The zero-order valence-corrected chi connectivity index (χ0v) is 20.4. The van der Waals surface area contributed by atoms with Gasteiger partial charge in [-0.2, -0.15) is 0 Å². The van der Waals surface area contributed by atoms with Crippen LogP contribution in [0.15, 0.2) is 48.5 Å². The van der Waals surface area contributed by atoms with Crippen molar-refractivity contribution in [3.05, 3.63) is 64.1 Å². The number of nitrogens with zero attached hydrogens (tertiary/aromatic N) is 1. The fourth-order valence-electron chi connectivity index (χ4n) is 3.85. The van der Waals surface area contributed by atoms with Gasteiger partial charge in [0.25, 0.3) is 5.91 Å². The molecule has 2 aromatic rings. The molecule has 1 aliphatic heterocycles. The van der Waals surface area contributed by atoms with Gasteiger partial charge >= 0.3 is 6.03 Å². The van der Waals surface area contributed by atoms with E-state index in [4.69, 9.17) is 27.9 Å². The predicted octanol–water partition coefficient (Wildman–Crippen LogP) is 3.80. The third kappa shape index (κ3) is 7.09. The van der Waals surface area contributed by atoms with Crippen LogP contribution in [-0.4, -0.2) is 62.1 Å². The molecule has 4 amide bonds. The number of urea groups is 1. The number of piperidine rings is 1. The number of nitrogens with one attached hydrogen (secondary N) is 3. The van der Waals surface area contributed by atoms with Gasteiger partial charge in [0, 0.05) is 37.5 Å². The first kappa shape index (κ1) is 25.8. The number of carbonyl (C=O) groups is 3. The lowest BCUT2D eigenvalue weighted by Crippen LogP contribution is -2.54. The second-order valence-electron chi connectivity index (χ2n) is 7.98. The highest BCUT2D eigenvalue weighted by atomic mass is 35.5. The molecule has 1 heterocycles. The lowest BCUT2D eigenvalue weighted by atomic mass is 9.88. The first-order valence-corrected chi connectivity index (χ1v) is 11.8. The van der Waals surface area contributed by atoms with Crippen molar-refractivity contribution in [2.45, 2.75) is 18.9 Å². The van der Waals surface area contributed by atoms with Crippen molar-refractivity contribution in [3.8, 4) is 0 Å². The van der Waals surface area contributed by atoms with Crippen molar-refractivity contribution in [2.75, 3.05) is 38.7 Å². The normalized spacial score (nSPS) is 14.9. The number of amides is 4. The van der Waals surface area contributed by atoms with Gasteiger partial charge in [-0.05, 0) is 49.1 Å². The van der Waals surface area contributed by atoms with Gasteiger partial charge in [-0.1, -0.05) is 41.4 Å². The Bertz CT molecular complexity index is 1010. The molecule has 1 saturated heterocycles. The van der Waals surface area contributed by atoms with Crippen molar-refractivity contribution in [1.82, 2.24) is 15.5 Å². The van der Waals surface area contributed by atoms with E-state index < -0.39 is 11.9 Å². The molecule has 3 rings (SSSR count). The number of benzene rings is 2. The van der Waals surface area contributed by atoms with E-state index in [1.54, 1.807) is 60.5 Å². The highest BCUT2D eigenvalue weighted by molar-refractivity contribution is 6.33. The van der Waals surface area contributed by atoms with E-state index in [-0.39, 0.29) is 17.9 Å². The molecule has 3 N–H and O–H groups in total. The number of ether oxygens (including phenoxy) is 1. The molecule has 0 radical (unpaired) electrons. The Balaban J connectivity index is 1.64. The van der Waals surface area contributed by atoms with E-state index in [0.717, 1.165) is 0 Å². The van der Waals surface area contributed by atoms with E-state index >= 15 is 0 Å². The molecule has 1 aliphatic rings. The van der Waals surface area contributed by atoms with Crippen LogP contribution >= 0.6 is 23.2 Å². The van der Waals surface area contributed by atoms with Gasteiger partial charge in [0.1, 0.15) is 6.04 Å². The number of hydrogen-bond donors (Lipinski definition) is 3. The van der Waals surface area contributed by atoms with Crippen LogP contribution in [0, 0.1) is 5.92 Å². The van der Waals surface area contributed by atoms with Crippen LogP contribution < -0.4 is 16.0 Å². The maximum absolute atomic E-state index is 12.9. The van der Waals surface area contributed by atoms with Crippen LogP contribution in [-0.2, 0) is 9.53 Å². The summed E-state index contributed by atoms with van der Waals surface area (Å²) in [6.07, 6.45) is 1.10. The van der Waals surface area contributed by atoms with Crippen LogP contribution in [0.3, 0.4) is 0 Å². The number of rotatable bonds is 8. The Morgan fingerprint density at radius 2 is 1.82 bits per heavy atom. The maximum Gasteiger partial charge on any atom is 0.321 e. The van der Waals surface area contributed by atoms with Crippen molar-refractivity contribution >= 4 is 46.7 Å². The Labute approximate surface area is 208 Å². The molecule has 2 aromatic carbocycles. The minimum Gasteiger partial charge on any atom is -0.383 e. The van der Waals surface area contributed by atoms with Crippen LogP contribution in [0.2, 0.25) is 10.0 Å². The molecule has 0 aromatic heterocycles. The molecule has 1 fully saturated rings. The van der Waals surface area contributed by atoms with Crippen molar-refractivity contribution < 1.29 is 19.1 Å². The second-order valence-corrected chi connectivity index (χ2v) is 8.82. The maximum atomic E-state index is 12.9. The van der Waals surface area contributed by atoms with Crippen LogP contribution in [0.1, 0.15) is 23.2 Å². The Hall–Kier alpha value is -2.81. The molecule has 10 heteroatoms. The SMILES string of the molecule is COCCNC(=O)C(NC(=O)c1ccccc1Cl)C1CCN(C(=O)Nc2cccc(Cl)c2)CC1. The number of hydrogen-bond acceptors (Lipinski definition) is 4. The first-order valence-electron chi connectivity index (χ1n) is 11.0. The van der Waals surface area contributed by atoms with Gasteiger partial charge in [-0.25, -0.2) is 4.79 Å². The summed E-state index contributed by atoms with van der Waals surface area (Å²) < 4.78 is 5.00. The lowest BCUT2D eigenvalue weighted by Gasteiger charge is -2.35. The molecule has 8 nitrogen and oxygen atoms in total. The van der Waals surface area contributed by atoms with Crippen LogP contribution in [0.5, 0.6) is 0 Å². The second kappa shape index (κ2) is 12.6. The molecule has 182 valence electrons. The third-order valence-corrected chi connectivity index (χ3v) is 6.23. The molecule has 1 atom stereocenters. The molecular weight excluding hydrogens is 479 g/mol. The molecule has 0 bridgehead atoms. The van der Waals surface area contributed by atoms with Gasteiger partial charge in [-0.15, -0.1) is 0 Å². The molecule has 34 heavy (non-hydrogen) atoms. The highest BCUT2D eigenvalue weighted by Gasteiger charge is 2.34. The van der Waals surface area contributed by atoms with E-state index in [2.05, 4.69) is 16.0 Å². The van der Waals surface area contributed by atoms with E-state index in [1.165, 1.54) is 0 Å². The Morgan fingerprint density at radius 3 is 2.50 bits per heavy atom. The number of methoxy groups -OCH3 is 1. The summed E-state index contributed by atoms with van der Waals surface area (Å²) in [6, 6.07) is 12.6. The fraction of sp³-hybridized carbons (Fsp3) is 0.375. The first-order chi connectivity index (χ1) is 16.4. The van der Waals surface area contributed by atoms with Gasteiger partial charge in [0.15, 0.2) is 0 Å². The van der Waals surface area contributed by atoms with E-state index in [9.17, 15) is 14.4 Å². The average Bonchev–Trinajstić information content (AvgIpc) is 2.83. The number of anilines is 1. The average molecular weight is 507 g/mol. The van der Waals surface area contributed by atoms with Crippen LogP contribution in [0.4, 0.5) is 10.5 Å². The van der Waals surface area contributed by atoms with Crippen molar-refractivity contribution in [2.24, 2.45) is 5.92 Å². The van der Waals surface area contributed by atoms with Gasteiger partial charge in [-0.3, -0.25) is 9.59 Å². The fourth-order valence-corrected chi connectivity index (χ4v) is 4.26. The van der Waals surface area contributed by atoms with Crippen molar-refractivity contribution in [1.29, 1.82) is 0 Å². The smallest absolute Gasteiger partial charge is 0.321 e. The minimum absolute atomic E-state index is 0.149. The largest absolute Gasteiger partial charge is 0.383 e. The topological polar surface area (TPSA) is 99.8 Å². The predicted molar refractivity (Wildman–Crippen MR) is 132 cm³/mol. The molecule has 0 aliphatic carbocycles. The molecule has 0 spiro atoms. The van der Waals surface area contributed by atoms with Crippen molar-refractivity contribution in [3.63, 3.8) is 0 Å². The lowest BCUT2D eigenvalue weighted by molar-refractivity contribution is -0.124. The summed E-state index contributed by atoms with van der Waals surface area (Å²) >= 11 is 12.1. The minimum atomic E-state index is -0.765. The Kier molecular flexibility index (Phi) is 9.56. The third-order valence-electron chi connectivity index (χ3n) is 5.67. The van der Waals surface area contributed by atoms with Gasteiger partial charge < -0.3 is 25.6 Å².